The predicted octanol–water partition coefficient (Wildman–Crippen LogP) is 0.264. The van der Waals surface area contributed by atoms with E-state index in [1.807, 2.05) is 6.07 Å². The molecule has 5 N–H and O–H groups in total. The fraction of sp³-hybridized carbons (Fsp3) is 0.154. The molecule has 1 aromatic heterocycles. The summed E-state index contributed by atoms with van der Waals surface area (Å²) < 4.78 is 4.65. The molecule has 1 aromatic carbocycles. The van der Waals surface area contributed by atoms with Gasteiger partial charge in [0.15, 0.2) is 0 Å². The number of H-pyrrole nitrogens is 1. The van der Waals surface area contributed by atoms with Crippen LogP contribution in [0.15, 0.2) is 29.1 Å². The van der Waals surface area contributed by atoms with E-state index < -0.39 is 11.5 Å². The number of nitrogens with zero attached hydrogens (tertiary/aromatic N) is 1. The van der Waals surface area contributed by atoms with Crippen molar-refractivity contribution in [2.45, 2.75) is 6.54 Å². The summed E-state index contributed by atoms with van der Waals surface area (Å²) in [6.07, 6.45) is 0. The average Bonchev–Trinajstić information content (AvgIpc) is 2.49. The molecule has 0 fully saturated rings. The van der Waals surface area contributed by atoms with Crippen LogP contribution in [0.3, 0.4) is 0 Å². The van der Waals surface area contributed by atoms with Gasteiger partial charge in [0, 0.05) is 12.1 Å². The van der Waals surface area contributed by atoms with Gasteiger partial charge in [-0.2, -0.15) is 5.10 Å². The van der Waals surface area contributed by atoms with Crippen LogP contribution >= 0.6 is 0 Å². The number of methoxy groups -OCH3 is 1. The highest BCUT2D eigenvalue weighted by Crippen LogP contribution is 2.24. The summed E-state index contributed by atoms with van der Waals surface area (Å²) in [7, 11) is 1.21. The number of ether oxygens (including phenoxy) is 1. The first kappa shape index (κ1) is 13.8. The van der Waals surface area contributed by atoms with Crippen LogP contribution in [0.4, 0.5) is 5.69 Å². The highest BCUT2D eigenvalue weighted by Gasteiger charge is 2.21. The molecular formula is C13H14N4O3. The zero-order chi connectivity index (χ0) is 14.7. The Morgan fingerprint density at radius 1 is 1.45 bits per heavy atom. The first-order valence-electron chi connectivity index (χ1n) is 5.84. The zero-order valence-corrected chi connectivity index (χ0v) is 10.8. The van der Waals surface area contributed by atoms with Crippen molar-refractivity contribution >= 4 is 11.7 Å². The van der Waals surface area contributed by atoms with Gasteiger partial charge in [-0.15, -0.1) is 0 Å². The number of benzene rings is 1. The molecule has 20 heavy (non-hydrogen) atoms. The molecule has 2 rings (SSSR count). The summed E-state index contributed by atoms with van der Waals surface area (Å²) in [5.74, 6) is -0.714. The van der Waals surface area contributed by atoms with E-state index in [0.717, 1.165) is 5.56 Å². The van der Waals surface area contributed by atoms with Gasteiger partial charge in [-0.3, -0.25) is 4.79 Å². The minimum atomic E-state index is -0.714. The first-order valence-corrected chi connectivity index (χ1v) is 5.84. The van der Waals surface area contributed by atoms with Crippen LogP contribution in [0.25, 0.3) is 11.3 Å². The second-order valence-corrected chi connectivity index (χ2v) is 4.09. The van der Waals surface area contributed by atoms with E-state index in [1.165, 1.54) is 7.11 Å². The van der Waals surface area contributed by atoms with Gasteiger partial charge in [0.2, 0.25) is 0 Å². The molecule has 0 aliphatic heterocycles. The number of aromatic nitrogens is 2. The third-order valence-corrected chi connectivity index (χ3v) is 2.85. The van der Waals surface area contributed by atoms with E-state index >= 15 is 0 Å². The molecule has 0 bridgehead atoms. The minimum absolute atomic E-state index is 0.0505. The number of nitrogen functional groups attached to an aromatic ring is 1. The number of rotatable bonds is 3. The number of hydrogen-bond acceptors (Lipinski definition) is 6. The lowest BCUT2D eigenvalue weighted by Crippen LogP contribution is -2.21. The maximum Gasteiger partial charge on any atom is 0.342 e. The van der Waals surface area contributed by atoms with Gasteiger partial charge < -0.3 is 16.2 Å². The van der Waals surface area contributed by atoms with Gasteiger partial charge in [0.1, 0.15) is 16.9 Å². The largest absolute Gasteiger partial charge is 0.465 e. The molecule has 0 saturated heterocycles. The summed E-state index contributed by atoms with van der Waals surface area (Å²) in [5.41, 5.74) is 12.1. The smallest absolute Gasteiger partial charge is 0.342 e. The van der Waals surface area contributed by atoms with E-state index in [-0.39, 0.29) is 16.9 Å². The standard InChI is InChI=1S/C13H14N4O3/c1-20-13(19)9-10(15)12(18)17-16-11(9)8-4-2-3-7(5-8)6-14/h2-5H,6,14H2,1H3,(H2,15,16)(H,17,18). The van der Waals surface area contributed by atoms with Crippen LogP contribution in [0, 0.1) is 0 Å². The molecule has 7 heteroatoms. The van der Waals surface area contributed by atoms with Crippen LogP contribution in [-0.2, 0) is 11.3 Å². The fourth-order valence-electron chi connectivity index (χ4n) is 1.83. The number of anilines is 1. The van der Waals surface area contributed by atoms with Gasteiger partial charge in [0.25, 0.3) is 5.56 Å². The van der Waals surface area contributed by atoms with Crippen molar-refractivity contribution in [3.63, 3.8) is 0 Å². The van der Waals surface area contributed by atoms with Crippen LogP contribution in [-0.4, -0.2) is 23.3 Å². The molecule has 0 amide bonds. The van der Waals surface area contributed by atoms with Crippen molar-refractivity contribution in [3.05, 3.63) is 45.7 Å². The van der Waals surface area contributed by atoms with Crippen molar-refractivity contribution in [1.82, 2.24) is 10.2 Å². The Labute approximate surface area is 114 Å². The van der Waals surface area contributed by atoms with Crippen LogP contribution in [0.1, 0.15) is 15.9 Å². The second kappa shape index (κ2) is 5.54. The summed E-state index contributed by atoms with van der Waals surface area (Å²) in [6, 6.07) is 7.14. The van der Waals surface area contributed by atoms with Gasteiger partial charge in [-0.05, 0) is 11.6 Å². The van der Waals surface area contributed by atoms with Gasteiger partial charge >= 0.3 is 5.97 Å². The molecule has 0 atom stereocenters. The molecule has 0 saturated carbocycles. The van der Waals surface area contributed by atoms with Crippen molar-refractivity contribution in [2.75, 3.05) is 12.8 Å². The molecule has 7 nitrogen and oxygen atoms in total. The summed E-state index contributed by atoms with van der Waals surface area (Å²) in [5, 5.41) is 6.15. The highest BCUT2D eigenvalue weighted by atomic mass is 16.5. The highest BCUT2D eigenvalue weighted by molar-refractivity contribution is 6.00. The number of esters is 1. The van der Waals surface area contributed by atoms with Crippen molar-refractivity contribution < 1.29 is 9.53 Å². The van der Waals surface area contributed by atoms with Crippen LogP contribution < -0.4 is 17.0 Å². The van der Waals surface area contributed by atoms with E-state index in [1.54, 1.807) is 18.2 Å². The molecule has 104 valence electrons. The number of carbonyl (C=O) groups is 1. The zero-order valence-electron chi connectivity index (χ0n) is 10.8. The molecule has 0 aliphatic rings. The monoisotopic (exact) mass is 274 g/mol. The van der Waals surface area contributed by atoms with Crippen molar-refractivity contribution in [2.24, 2.45) is 5.73 Å². The molecule has 0 aliphatic carbocycles. The third kappa shape index (κ3) is 2.39. The normalized spacial score (nSPS) is 10.3. The maximum atomic E-state index is 11.8. The van der Waals surface area contributed by atoms with E-state index in [4.69, 9.17) is 11.5 Å². The Hall–Kier alpha value is -2.67. The molecule has 1 heterocycles. The summed E-state index contributed by atoms with van der Waals surface area (Å²) >= 11 is 0. The Balaban J connectivity index is 2.70. The van der Waals surface area contributed by atoms with Gasteiger partial charge in [0.05, 0.1) is 7.11 Å². The average molecular weight is 274 g/mol. The number of hydrogen-bond donors (Lipinski definition) is 3. The van der Waals surface area contributed by atoms with E-state index in [9.17, 15) is 9.59 Å². The SMILES string of the molecule is COC(=O)c1c(-c2cccc(CN)c2)n[nH]c(=O)c1N. The van der Waals surface area contributed by atoms with Gasteiger partial charge in [-0.1, -0.05) is 18.2 Å². The van der Waals surface area contributed by atoms with Crippen molar-refractivity contribution in [3.8, 4) is 11.3 Å². The number of carbonyl (C=O) groups excluding carboxylic acids is 1. The van der Waals surface area contributed by atoms with E-state index in [2.05, 4.69) is 14.9 Å². The third-order valence-electron chi connectivity index (χ3n) is 2.85. The fourth-order valence-corrected chi connectivity index (χ4v) is 1.83. The number of nitrogens with two attached hydrogens (primary N) is 2. The lowest BCUT2D eigenvalue weighted by Gasteiger charge is -2.09. The first-order chi connectivity index (χ1) is 9.58. The van der Waals surface area contributed by atoms with E-state index in [0.29, 0.717) is 12.1 Å². The molecular weight excluding hydrogens is 260 g/mol. The Morgan fingerprint density at radius 3 is 2.85 bits per heavy atom. The Bertz CT molecular complexity index is 709. The lowest BCUT2D eigenvalue weighted by atomic mass is 10.0. The molecule has 0 spiro atoms. The van der Waals surface area contributed by atoms with Crippen molar-refractivity contribution in [1.29, 1.82) is 0 Å². The maximum absolute atomic E-state index is 11.8. The minimum Gasteiger partial charge on any atom is -0.465 e. The number of aromatic amines is 1. The molecule has 2 aromatic rings. The predicted molar refractivity (Wildman–Crippen MR) is 73.9 cm³/mol. The topological polar surface area (TPSA) is 124 Å². The lowest BCUT2D eigenvalue weighted by molar-refractivity contribution is 0.0602. The molecule has 0 unspecified atom stereocenters. The summed E-state index contributed by atoms with van der Waals surface area (Å²) in [6.45, 7) is 0.347. The Kier molecular flexibility index (Phi) is 3.81. The number of nitrogens with one attached hydrogen (secondary N) is 1. The van der Waals surface area contributed by atoms with Gasteiger partial charge in [-0.25, -0.2) is 9.89 Å². The van der Waals surface area contributed by atoms with Crippen LogP contribution in [0.5, 0.6) is 0 Å². The molecule has 0 radical (unpaired) electrons. The Morgan fingerprint density at radius 2 is 2.20 bits per heavy atom. The summed E-state index contributed by atoms with van der Waals surface area (Å²) in [4.78, 5) is 23.3. The van der Waals surface area contributed by atoms with Crippen LogP contribution in [0.2, 0.25) is 0 Å². The second-order valence-electron chi connectivity index (χ2n) is 4.09. The quantitative estimate of drug-likeness (QED) is 0.690.